The van der Waals surface area contributed by atoms with Crippen molar-refractivity contribution < 1.29 is 14.4 Å². The summed E-state index contributed by atoms with van der Waals surface area (Å²) in [6.07, 6.45) is 0. The molecule has 0 fully saturated rings. The van der Waals surface area contributed by atoms with E-state index in [1.54, 1.807) is 42.5 Å². The van der Waals surface area contributed by atoms with Gasteiger partial charge in [0.1, 0.15) is 0 Å². The van der Waals surface area contributed by atoms with Crippen LogP contribution in [0.2, 0.25) is 0 Å². The first-order chi connectivity index (χ1) is 11.5. The lowest BCUT2D eigenvalue weighted by Gasteiger charge is -2.20. The van der Waals surface area contributed by atoms with Crippen LogP contribution in [0.25, 0.3) is 0 Å². The van der Waals surface area contributed by atoms with E-state index in [2.05, 4.69) is 10.6 Å². The van der Waals surface area contributed by atoms with Crippen molar-refractivity contribution in [3.8, 4) is 0 Å². The summed E-state index contributed by atoms with van der Waals surface area (Å²) >= 11 is 0. The highest BCUT2D eigenvalue weighted by molar-refractivity contribution is 6.30. The lowest BCUT2D eigenvalue weighted by atomic mass is 9.83. The number of fused-ring (bicyclic) bond motifs is 2. The minimum atomic E-state index is -0.474. The number of carbonyl (C=O) groups is 3. The van der Waals surface area contributed by atoms with Gasteiger partial charge in [-0.05, 0) is 6.07 Å². The van der Waals surface area contributed by atoms with Crippen molar-refractivity contribution >= 4 is 29.1 Å². The average molecular weight is 322 g/mol. The number of carbonyl (C=O) groups excluding carboxylic acids is 3. The second kappa shape index (κ2) is 5.96. The Labute approximate surface area is 137 Å². The van der Waals surface area contributed by atoms with Crippen LogP contribution in [0.15, 0.2) is 42.5 Å². The van der Waals surface area contributed by atoms with Gasteiger partial charge in [0.05, 0.1) is 17.8 Å². The molecule has 24 heavy (non-hydrogen) atoms. The van der Waals surface area contributed by atoms with Crippen molar-refractivity contribution in [1.82, 2.24) is 5.32 Å². The molecule has 2 aromatic rings. The molecule has 5 N–H and O–H groups in total. The summed E-state index contributed by atoms with van der Waals surface area (Å²) in [6.45, 7) is -0.211. The number of nitrogens with two attached hydrogens (primary N) is 1. The molecule has 7 nitrogen and oxygen atoms in total. The first-order valence-electron chi connectivity index (χ1n) is 7.18. The molecule has 3 rings (SSSR count). The van der Waals surface area contributed by atoms with Crippen molar-refractivity contribution in [3.05, 3.63) is 64.7 Å². The lowest BCUT2D eigenvalue weighted by molar-refractivity contribution is -0.115. The summed E-state index contributed by atoms with van der Waals surface area (Å²) in [5, 5.41) is 12.0. The normalized spacial score (nSPS) is 12.2. The Morgan fingerprint density at radius 3 is 2.25 bits per heavy atom. The predicted octanol–water partition coefficient (Wildman–Crippen LogP) is 0.884. The van der Waals surface area contributed by atoms with Gasteiger partial charge in [-0.1, -0.05) is 36.4 Å². The second-order valence-electron chi connectivity index (χ2n) is 5.25. The minimum absolute atomic E-state index is 0.178. The van der Waals surface area contributed by atoms with Crippen LogP contribution in [0.4, 0.5) is 5.69 Å². The summed E-state index contributed by atoms with van der Waals surface area (Å²) in [6, 6.07) is 11.3. The average Bonchev–Trinajstić information content (AvgIpc) is 2.58. The summed E-state index contributed by atoms with van der Waals surface area (Å²) in [5.74, 6) is -1.37. The van der Waals surface area contributed by atoms with E-state index in [9.17, 15) is 14.4 Å². The Morgan fingerprint density at radius 2 is 1.58 bits per heavy atom. The maximum absolute atomic E-state index is 12.7. The molecule has 0 bridgehead atoms. The van der Waals surface area contributed by atoms with Crippen molar-refractivity contribution in [1.29, 1.82) is 5.41 Å². The molecule has 0 aliphatic heterocycles. The van der Waals surface area contributed by atoms with E-state index in [0.717, 1.165) is 0 Å². The third-order valence-electron chi connectivity index (χ3n) is 3.67. The monoisotopic (exact) mass is 322 g/mol. The van der Waals surface area contributed by atoms with Crippen LogP contribution >= 0.6 is 0 Å². The van der Waals surface area contributed by atoms with Crippen LogP contribution in [0, 0.1) is 5.41 Å². The van der Waals surface area contributed by atoms with E-state index in [0.29, 0.717) is 11.1 Å². The molecule has 0 radical (unpaired) electrons. The molecule has 1 amide bonds. The number of benzene rings is 2. The number of anilines is 1. The predicted molar refractivity (Wildman–Crippen MR) is 88.3 cm³/mol. The number of hydrogen-bond donors (Lipinski definition) is 4. The van der Waals surface area contributed by atoms with Crippen molar-refractivity contribution in [2.75, 3.05) is 11.9 Å². The highest BCUT2D eigenvalue weighted by Gasteiger charge is 2.31. The smallest absolute Gasteiger partial charge is 0.243 e. The van der Waals surface area contributed by atoms with Gasteiger partial charge in [-0.2, -0.15) is 0 Å². The van der Waals surface area contributed by atoms with E-state index in [4.69, 9.17) is 11.1 Å². The van der Waals surface area contributed by atoms with E-state index < -0.39 is 5.91 Å². The topological polar surface area (TPSA) is 125 Å². The lowest BCUT2D eigenvalue weighted by Crippen LogP contribution is -2.37. The Hall–Kier alpha value is -3.48. The molecule has 1 aliphatic carbocycles. The van der Waals surface area contributed by atoms with E-state index in [1.807, 2.05) is 0 Å². The molecule has 0 aromatic heterocycles. The highest BCUT2D eigenvalue weighted by Crippen LogP contribution is 2.31. The van der Waals surface area contributed by atoms with Crippen LogP contribution in [-0.4, -0.2) is 30.0 Å². The number of rotatable bonds is 3. The van der Waals surface area contributed by atoms with E-state index in [-0.39, 0.29) is 40.9 Å². The molecular weight excluding hydrogens is 308 g/mol. The molecule has 0 heterocycles. The molecule has 0 spiro atoms. The first-order valence-corrected chi connectivity index (χ1v) is 7.18. The largest absolute Gasteiger partial charge is 0.370 e. The second-order valence-corrected chi connectivity index (χ2v) is 5.25. The summed E-state index contributed by atoms with van der Waals surface area (Å²) in [4.78, 5) is 37.2. The van der Waals surface area contributed by atoms with Crippen LogP contribution in [-0.2, 0) is 4.79 Å². The van der Waals surface area contributed by atoms with Crippen molar-refractivity contribution in [3.63, 3.8) is 0 Å². The molecule has 0 atom stereocenters. The molecule has 0 saturated carbocycles. The molecular formula is C17H14N4O3. The van der Waals surface area contributed by atoms with Crippen LogP contribution in [0.1, 0.15) is 31.8 Å². The van der Waals surface area contributed by atoms with Gasteiger partial charge >= 0.3 is 0 Å². The van der Waals surface area contributed by atoms with Crippen LogP contribution in [0.3, 0.4) is 0 Å². The minimum Gasteiger partial charge on any atom is -0.370 e. The van der Waals surface area contributed by atoms with Gasteiger partial charge in [0.25, 0.3) is 0 Å². The van der Waals surface area contributed by atoms with Crippen LogP contribution < -0.4 is 16.4 Å². The molecule has 0 saturated heterocycles. The Bertz CT molecular complexity index is 889. The van der Waals surface area contributed by atoms with E-state index >= 15 is 0 Å². The van der Waals surface area contributed by atoms with Gasteiger partial charge in [0, 0.05) is 16.7 Å². The van der Waals surface area contributed by atoms with Gasteiger partial charge in [0.15, 0.2) is 17.5 Å². The van der Waals surface area contributed by atoms with Gasteiger partial charge in [-0.3, -0.25) is 19.8 Å². The number of amides is 1. The quantitative estimate of drug-likeness (QED) is 0.421. The van der Waals surface area contributed by atoms with Gasteiger partial charge in [-0.25, -0.2) is 0 Å². The number of guanidine groups is 1. The summed E-state index contributed by atoms with van der Waals surface area (Å²) in [5.41, 5.74) is 6.51. The fraction of sp³-hybridized carbons (Fsp3) is 0.0588. The standard InChI is InChI=1S/C17H14N4O3/c18-17(19)20-8-13(22)21-12-7-3-6-11-14(12)16(24)10-5-2-1-4-9(10)15(11)23/h1-7H,8H2,(H,21,22)(H4,18,19,20). The summed E-state index contributed by atoms with van der Waals surface area (Å²) < 4.78 is 0. The third kappa shape index (κ3) is 2.63. The number of nitrogens with one attached hydrogen (secondary N) is 3. The zero-order chi connectivity index (χ0) is 17.3. The zero-order valence-corrected chi connectivity index (χ0v) is 12.6. The van der Waals surface area contributed by atoms with Crippen LogP contribution in [0.5, 0.6) is 0 Å². The van der Waals surface area contributed by atoms with Gasteiger partial charge in [0.2, 0.25) is 5.91 Å². The zero-order valence-electron chi connectivity index (χ0n) is 12.6. The fourth-order valence-electron chi connectivity index (χ4n) is 2.62. The van der Waals surface area contributed by atoms with Crippen molar-refractivity contribution in [2.24, 2.45) is 5.73 Å². The Kier molecular flexibility index (Phi) is 3.83. The molecule has 120 valence electrons. The number of hydrogen-bond acceptors (Lipinski definition) is 4. The molecule has 2 aromatic carbocycles. The maximum Gasteiger partial charge on any atom is 0.243 e. The Morgan fingerprint density at radius 1 is 0.958 bits per heavy atom. The van der Waals surface area contributed by atoms with E-state index in [1.165, 1.54) is 0 Å². The maximum atomic E-state index is 12.7. The summed E-state index contributed by atoms with van der Waals surface area (Å²) in [7, 11) is 0. The SMILES string of the molecule is N=C(N)NCC(=O)Nc1cccc2c1C(=O)c1ccccc1C2=O. The van der Waals surface area contributed by atoms with Gasteiger partial charge in [-0.15, -0.1) is 0 Å². The third-order valence-corrected chi connectivity index (χ3v) is 3.67. The number of ketones is 2. The first kappa shape index (κ1) is 15.4. The molecule has 1 aliphatic rings. The van der Waals surface area contributed by atoms with Gasteiger partial charge < -0.3 is 16.4 Å². The Balaban J connectivity index is 1.98. The fourth-order valence-corrected chi connectivity index (χ4v) is 2.62. The molecule has 7 heteroatoms. The molecule has 0 unspecified atom stereocenters. The highest BCUT2D eigenvalue weighted by atomic mass is 16.2. The van der Waals surface area contributed by atoms with Crippen molar-refractivity contribution in [2.45, 2.75) is 0 Å².